The van der Waals surface area contributed by atoms with Gasteiger partial charge in [0, 0.05) is 47.9 Å². The Morgan fingerprint density at radius 1 is 1.31 bits per heavy atom. The molecule has 1 aliphatic rings. The molecule has 8 nitrogen and oxygen atoms in total. The number of amides is 1. The highest BCUT2D eigenvalue weighted by Crippen LogP contribution is 2.34. The third-order valence-corrected chi connectivity index (χ3v) is 5.53. The summed E-state index contributed by atoms with van der Waals surface area (Å²) in [5.74, 6) is 0.739. The molecule has 0 spiro atoms. The van der Waals surface area contributed by atoms with Crippen LogP contribution in [0.15, 0.2) is 35.0 Å². The normalized spacial score (nSPS) is 17.2. The number of carbonyl (C=O) groups is 1. The van der Waals surface area contributed by atoms with Crippen LogP contribution in [0.2, 0.25) is 5.02 Å². The molecule has 4 aromatic rings. The average molecular weight is 412 g/mol. The summed E-state index contributed by atoms with van der Waals surface area (Å²) >= 11 is 6.13. The highest BCUT2D eigenvalue weighted by atomic mass is 35.5. The van der Waals surface area contributed by atoms with Gasteiger partial charge < -0.3 is 14.1 Å². The number of rotatable bonds is 3. The van der Waals surface area contributed by atoms with E-state index in [0.717, 1.165) is 29.4 Å². The fourth-order valence-corrected chi connectivity index (χ4v) is 4.17. The van der Waals surface area contributed by atoms with Crippen LogP contribution in [-0.4, -0.2) is 51.2 Å². The van der Waals surface area contributed by atoms with Crippen molar-refractivity contribution < 1.29 is 13.9 Å². The summed E-state index contributed by atoms with van der Waals surface area (Å²) in [5.41, 5.74) is 2.79. The van der Waals surface area contributed by atoms with Gasteiger partial charge in [0.2, 0.25) is 0 Å². The quantitative estimate of drug-likeness (QED) is 0.551. The lowest BCUT2D eigenvalue weighted by atomic mass is 9.94. The van der Waals surface area contributed by atoms with Crippen molar-refractivity contribution in [2.75, 3.05) is 20.2 Å². The van der Waals surface area contributed by atoms with E-state index >= 15 is 0 Å². The Morgan fingerprint density at radius 3 is 3.03 bits per heavy atom. The van der Waals surface area contributed by atoms with Gasteiger partial charge in [0.05, 0.1) is 12.8 Å². The summed E-state index contributed by atoms with van der Waals surface area (Å²) in [6.07, 6.45) is 5.10. The second-order valence-electron chi connectivity index (χ2n) is 7.09. The highest BCUT2D eigenvalue weighted by Gasteiger charge is 2.30. The number of carbonyl (C=O) groups excluding carboxylic acids is 1. The summed E-state index contributed by atoms with van der Waals surface area (Å²) in [6, 6.07) is 5.14. The largest absolute Gasteiger partial charge is 0.493 e. The minimum atomic E-state index is -0.154. The molecule has 5 rings (SSSR count). The van der Waals surface area contributed by atoms with E-state index in [1.54, 1.807) is 37.7 Å². The van der Waals surface area contributed by atoms with Gasteiger partial charge in [0.15, 0.2) is 22.7 Å². The first kappa shape index (κ1) is 17.9. The Labute approximate surface area is 170 Å². The third kappa shape index (κ3) is 3.09. The number of fused-ring (bicyclic) bond motifs is 2. The molecule has 1 aliphatic heterocycles. The van der Waals surface area contributed by atoms with Gasteiger partial charge in [0.25, 0.3) is 5.91 Å². The molecule has 1 fully saturated rings. The van der Waals surface area contributed by atoms with Gasteiger partial charge in [-0.3, -0.25) is 9.89 Å². The number of aromatic amines is 1. The summed E-state index contributed by atoms with van der Waals surface area (Å²) in [4.78, 5) is 23.6. The van der Waals surface area contributed by atoms with Crippen LogP contribution in [-0.2, 0) is 0 Å². The highest BCUT2D eigenvalue weighted by molar-refractivity contribution is 6.31. The van der Waals surface area contributed by atoms with E-state index in [9.17, 15) is 4.79 Å². The number of piperidine rings is 1. The molecule has 1 saturated heterocycles. The second-order valence-corrected chi connectivity index (χ2v) is 7.53. The van der Waals surface area contributed by atoms with Gasteiger partial charge in [-0.2, -0.15) is 5.10 Å². The first-order chi connectivity index (χ1) is 14.1. The zero-order valence-corrected chi connectivity index (χ0v) is 16.4. The zero-order valence-electron chi connectivity index (χ0n) is 15.7. The van der Waals surface area contributed by atoms with Crippen molar-refractivity contribution in [2.45, 2.75) is 18.8 Å². The fraction of sp³-hybridized carbons (Fsp3) is 0.300. The Bertz CT molecular complexity index is 1220. The standard InChI is InChI=1S/C20H18ClN5O3/c1-28-14-9-13(21)7-12-8-15(29-18(12)14)20(27)26-6-2-3-11(10-26)16-17-19(25-24-16)23-5-4-22-17/h4-5,7-9,11H,2-3,6,10H2,1H3,(H,23,24,25). The van der Waals surface area contributed by atoms with Crippen LogP contribution < -0.4 is 4.74 Å². The third-order valence-electron chi connectivity index (χ3n) is 5.31. The molecular formula is C20H18ClN5O3. The number of ether oxygens (including phenoxy) is 1. The van der Waals surface area contributed by atoms with Crippen LogP contribution in [0.3, 0.4) is 0 Å². The van der Waals surface area contributed by atoms with Crippen LogP contribution in [0.5, 0.6) is 5.75 Å². The predicted molar refractivity (Wildman–Crippen MR) is 107 cm³/mol. The molecule has 3 aromatic heterocycles. The van der Waals surface area contributed by atoms with Gasteiger partial charge in [-0.1, -0.05) is 11.6 Å². The van der Waals surface area contributed by atoms with Gasteiger partial charge in [-0.05, 0) is 25.0 Å². The molecule has 0 aliphatic carbocycles. The Hall–Kier alpha value is -3.13. The van der Waals surface area contributed by atoms with Crippen molar-refractivity contribution in [1.82, 2.24) is 25.1 Å². The van der Waals surface area contributed by atoms with Crippen molar-refractivity contribution in [1.29, 1.82) is 0 Å². The van der Waals surface area contributed by atoms with Gasteiger partial charge >= 0.3 is 0 Å². The van der Waals surface area contributed by atoms with E-state index in [2.05, 4.69) is 20.2 Å². The smallest absolute Gasteiger partial charge is 0.289 e. The number of likely N-dealkylation sites (tertiary alicyclic amines) is 1. The number of nitrogens with one attached hydrogen (secondary N) is 1. The Kier molecular flexibility index (Phi) is 4.35. The van der Waals surface area contributed by atoms with Crippen LogP contribution in [0.1, 0.15) is 35.0 Å². The molecule has 0 radical (unpaired) electrons. The first-order valence-corrected chi connectivity index (χ1v) is 9.73. The lowest BCUT2D eigenvalue weighted by molar-refractivity contribution is 0.0676. The van der Waals surface area contributed by atoms with Crippen molar-refractivity contribution in [3.8, 4) is 5.75 Å². The van der Waals surface area contributed by atoms with E-state index in [1.807, 2.05) is 4.90 Å². The molecular weight excluding hydrogens is 394 g/mol. The molecule has 148 valence electrons. The number of benzene rings is 1. The van der Waals surface area contributed by atoms with Gasteiger partial charge in [-0.15, -0.1) is 0 Å². The summed E-state index contributed by atoms with van der Waals surface area (Å²) in [7, 11) is 1.54. The van der Waals surface area contributed by atoms with Crippen molar-refractivity contribution in [3.05, 3.63) is 47.1 Å². The second kappa shape index (κ2) is 7.04. The minimum absolute atomic E-state index is 0.114. The lowest BCUT2D eigenvalue weighted by Gasteiger charge is -2.31. The first-order valence-electron chi connectivity index (χ1n) is 9.35. The van der Waals surface area contributed by atoms with Crippen molar-refractivity contribution >= 4 is 39.6 Å². The van der Waals surface area contributed by atoms with Crippen molar-refractivity contribution in [2.24, 2.45) is 0 Å². The van der Waals surface area contributed by atoms with Crippen LogP contribution in [0.4, 0.5) is 0 Å². The topological polar surface area (TPSA) is 97.1 Å². The number of furan rings is 1. The summed E-state index contributed by atoms with van der Waals surface area (Å²) in [6.45, 7) is 1.23. The predicted octanol–water partition coefficient (Wildman–Crippen LogP) is 3.78. The number of nitrogens with zero attached hydrogens (tertiary/aromatic N) is 4. The van der Waals surface area contributed by atoms with Crippen molar-refractivity contribution in [3.63, 3.8) is 0 Å². The number of hydrogen-bond acceptors (Lipinski definition) is 6. The van der Waals surface area contributed by atoms with E-state index in [-0.39, 0.29) is 17.6 Å². The number of aromatic nitrogens is 4. The SMILES string of the molecule is COc1cc(Cl)cc2cc(C(=O)N3CCCC(c4[nH]nc5nccnc45)C3)oc12. The molecule has 0 saturated carbocycles. The molecule has 1 unspecified atom stereocenters. The monoisotopic (exact) mass is 411 g/mol. The zero-order chi connectivity index (χ0) is 20.0. The van der Waals surface area contributed by atoms with E-state index < -0.39 is 0 Å². The summed E-state index contributed by atoms with van der Waals surface area (Å²) in [5, 5.41) is 8.55. The van der Waals surface area contributed by atoms with E-state index in [1.165, 1.54) is 0 Å². The minimum Gasteiger partial charge on any atom is -0.493 e. The molecule has 0 bridgehead atoms. The van der Waals surface area contributed by atoms with Gasteiger partial charge in [-0.25, -0.2) is 9.97 Å². The molecule has 1 atom stereocenters. The number of hydrogen-bond donors (Lipinski definition) is 1. The molecule has 29 heavy (non-hydrogen) atoms. The maximum Gasteiger partial charge on any atom is 0.289 e. The molecule has 1 N–H and O–H groups in total. The van der Waals surface area contributed by atoms with E-state index in [0.29, 0.717) is 35.1 Å². The fourth-order valence-electron chi connectivity index (χ4n) is 3.95. The van der Waals surface area contributed by atoms with Crippen LogP contribution in [0, 0.1) is 0 Å². The van der Waals surface area contributed by atoms with Gasteiger partial charge in [0.1, 0.15) is 5.52 Å². The molecule has 1 amide bonds. The molecule has 9 heteroatoms. The summed E-state index contributed by atoms with van der Waals surface area (Å²) < 4.78 is 11.2. The molecule has 4 heterocycles. The van der Waals surface area contributed by atoms with E-state index in [4.69, 9.17) is 20.8 Å². The maximum atomic E-state index is 13.1. The number of H-pyrrole nitrogens is 1. The van der Waals surface area contributed by atoms with Crippen LogP contribution >= 0.6 is 11.6 Å². The number of halogens is 1. The Morgan fingerprint density at radius 2 is 2.17 bits per heavy atom. The lowest BCUT2D eigenvalue weighted by Crippen LogP contribution is -2.39. The average Bonchev–Trinajstić information content (AvgIpc) is 3.37. The van der Waals surface area contributed by atoms with Crippen LogP contribution in [0.25, 0.3) is 22.1 Å². The maximum absolute atomic E-state index is 13.1. The Balaban J connectivity index is 1.43. The molecule has 1 aromatic carbocycles. The number of methoxy groups -OCH3 is 1.